The van der Waals surface area contributed by atoms with Crippen molar-refractivity contribution in [3.8, 4) is 11.5 Å². The van der Waals surface area contributed by atoms with E-state index in [0.29, 0.717) is 5.75 Å². The van der Waals surface area contributed by atoms with Gasteiger partial charge in [0.1, 0.15) is 10.8 Å². The molecule has 0 spiro atoms. The second-order valence-corrected chi connectivity index (χ2v) is 3.81. The molecule has 0 aromatic heterocycles. The van der Waals surface area contributed by atoms with Gasteiger partial charge in [0.05, 0.1) is 11.4 Å². The van der Waals surface area contributed by atoms with Crippen LogP contribution < -0.4 is 16.2 Å². The largest absolute Gasteiger partial charge is 0.452 e. The van der Waals surface area contributed by atoms with Crippen LogP contribution in [0.5, 0.6) is 11.5 Å². The van der Waals surface area contributed by atoms with E-state index < -0.39 is 5.82 Å². The van der Waals surface area contributed by atoms with Crippen molar-refractivity contribution in [3.63, 3.8) is 0 Å². The summed E-state index contributed by atoms with van der Waals surface area (Å²) in [7, 11) is 0. The lowest BCUT2D eigenvalue weighted by Gasteiger charge is -2.11. The summed E-state index contributed by atoms with van der Waals surface area (Å²) < 4.78 is 19.1. The predicted octanol–water partition coefficient (Wildman–Crippen LogP) is 3.44. The van der Waals surface area contributed by atoms with Gasteiger partial charge in [-0.2, -0.15) is 0 Å². The van der Waals surface area contributed by atoms with Crippen molar-refractivity contribution in [1.29, 1.82) is 0 Å². The molecule has 2 aromatic rings. The molecule has 0 unspecified atom stereocenters. The summed E-state index contributed by atoms with van der Waals surface area (Å²) in [6, 6.07) is 10.1. The van der Waals surface area contributed by atoms with E-state index in [1.54, 1.807) is 24.3 Å². The number of anilines is 2. The molecular formula is C12H10ClFN2O. The monoisotopic (exact) mass is 252 g/mol. The third-order valence-electron chi connectivity index (χ3n) is 2.18. The van der Waals surface area contributed by atoms with Gasteiger partial charge in [-0.25, -0.2) is 4.39 Å². The van der Waals surface area contributed by atoms with Crippen LogP contribution in [0, 0.1) is 5.82 Å². The minimum atomic E-state index is -0.756. The number of rotatable bonds is 2. The lowest BCUT2D eigenvalue weighted by atomic mass is 10.2. The third-order valence-corrected chi connectivity index (χ3v) is 2.57. The van der Waals surface area contributed by atoms with E-state index in [-0.39, 0.29) is 22.1 Å². The fourth-order valence-electron chi connectivity index (χ4n) is 1.36. The summed E-state index contributed by atoms with van der Waals surface area (Å²) in [5, 5.41) is -0.190. The summed E-state index contributed by atoms with van der Waals surface area (Å²) in [5.74, 6) is -0.401. The zero-order valence-corrected chi connectivity index (χ0v) is 9.54. The molecule has 2 rings (SSSR count). The van der Waals surface area contributed by atoms with Gasteiger partial charge in [0.15, 0.2) is 11.6 Å². The van der Waals surface area contributed by atoms with Gasteiger partial charge in [-0.15, -0.1) is 0 Å². The van der Waals surface area contributed by atoms with Crippen molar-refractivity contribution in [1.82, 2.24) is 0 Å². The van der Waals surface area contributed by atoms with Gasteiger partial charge < -0.3 is 16.2 Å². The molecule has 0 radical (unpaired) electrons. The number of halogens is 2. The highest BCUT2D eigenvalue weighted by Crippen LogP contribution is 2.37. The van der Waals surface area contributed by atoms with Crippen LogP contribution in [0.15, 0.2) is 36.4 Å². The molecule has 0 aliphatic heterocycles. The normalized spacial score (nSPS) is 10.2. The first-order valence-corrected chi connectivity index (χ1v) is 5.23. The number of hydrogen-bond acceptors (Lipinski definition) is 3. The van der Waals surface area contributed by atoms with E-state index in [4.69, 9.17) is 27.8 Å². The fourth-order valence-corrected chi connectivity index (χ4v) is 1.50. The lowest BCUT2D eigenvalue weighted by molar-refractivity contribution is 0.445. The first-order valence-electron chi connectivity index (χ1n) is 4.85. The van der Waals surface area contributed by atoms with E-state index >= 15 is 0 Å². The summed E-state index contributed by atoms with van der Waals surface area (Å²) in [5.41, 5.74) is 11.3. The lowest BCUT2D eigenvalue weighted by Crippen LogP contribution is -1.99. The Morgan fingerprint density at radius 3 is 2.35 bits per heavy atom. The van der Waals surface area contributed by atoms with E-state index in [1.165, 1.54) is 6.07 Å². The third kappa shape index (κ3) is 2.26. The SMILES string of the molecule is Nc1cc(N)c(Oc2ccccc2)c(F)c1Cl. The zero-order chi connectivity index (χ0) is 12.4. The van der Waals surface area contributed by atoms with E-state index in [1.807, 2.05) is 6.07 Å². The number of benzene rings is 2. The standard InChI is InChI=1S/C12H10ClFN2O/c13-10-8(15)6-9(16)12(11(10)14)17-7-4-2-1-3-5-7/h1-6H,15-16H2. The van der Waals surface area contributed by atoms with Crippen LogP contribution in [0.2, 0.25) is 5.02 Å². The molecule has 5 heteroatoms. The van der Waals surface area contributed by atoms with Crippen molar-refractivity contribution < 1.29 is 9.13 Å². The molecule has 0 aliphatic carbocycles. The van der Waals surface area contributed by atoms with Gasteiger partial charge in [0.25, 0.3) is 0 Å². The summed E-state index contributed by atoms with van der Waals surface area (Å²) >= 11 is 5.69. The average Bonchev–Trinajstić information content (AvgIpc) is 2.33. The van der Waals surface area contributed by atoms with E-state index in [9.17, 15) is 4.39 Å². The van der Waals surface area contributed by atoms with Crippen molar-refractivity contribution in [3.05, 3.63) is 47.2 Å². The highest BCUT2D eigenvalue weighted by Gasteiger charge is 2.16. The molecule has 4 N–H and O–H groups in total. The number of para-hydroxylation sites is 1. The Kier molecular flexibility index (Phi) is 3.06. The molecule has 0 atom stereocenters. The Balaban J connectivity index is 2.43. The van der Waals surface area contributed by atoms with Gasteiger partial charge in [0, 0.05) is 0 Å². The Morgan fingerprint density at radius 1 is 1.06 bits per heavy atom. The maximum atomic E-state index is 13.8. The summed E-state index contributed by atoms with van der Waals surface area (Å²) in [6.45, 7) is 0. The Labute approximate surface area is 103 Å². The van der Waals surface area contributed by atoms with E-state index in [0.717, 1.165) is 0 Å². The molecular weight excluding hydrogens is 243 g/mol. The number of ether oxygens (including phenoxy) is 1. The van der Waals surface area contributed by atoms with E-state index in [2.05, 4.69) is 0 Å². The molecule has 0 aliphatic rings. The van der Waals surface area contributed by atoms with Gasteiger partial charge in [-0.3, -0.25) is 0 Å². The van der Waals surface area contributed by atoms with Crippen LogP contribution in [0.4, 0.5) is 15.8 Å². The quantitative estimate of drug-likeness (QED) is 0.805. The van der Waals surface area contributed by atoms with Gasteiger partial charge in [0.2, 0.25) is 0 Å². The van der Waals surface area contributed by atoms with Crippen molar-refractivity contribution in [2.75, 3.05) is 11.5 Å². The van der Waals surface area contributed by atoms with Crippen molar-refractivity contribution in [2.45, 2.75) is 0 Å². The van der Waals surface area contributed by atoms with Crippen LogP contribution in [0.3, 0.4) is 0 Å². The topological polar surface area (TPSA) is 61.3 Å². The maximum Gasteiger partial charge on any atom is 0.188 e. The average molecular weight is 253 g/mol. The van der Waals surface area contributed by atoms with Crippen LogP contribution in [-0.4, -0.2) is 0 Å². The van der Waals surface area contributed by atoms with Gasteiger partial charge >= 0.3 is 0 Å². The van der Waals surface area contributed by atoms with Crippen molar-refractivity contribution >= 4 is 23.0 Å². The second kappa shape index (κ2) is 4.51. The Morgan fingerprint density at radius 2 is 1.71 bits per heavy atom. The molecule has 0 heterocycles. The fraction of sp³-hybridized carbons (Fsp3) is 0. The maximum absolute atomic E-state index is 13.8. The van der Waals surface area contributed by atoms with Crippen LogP contribution in [0.1, 0.15) is 0 Å². The van der Waals surface area contributed by atoms with Crippen LogP contribution in [-0.2, 0) is 0 Å². The Bertz CT molecular complexity index is 546. The van der Waals surface area contributed by atoms with Gasteiger partial charge in [-0.05, 0) is 18.2 Å². The number of nitrogens with two attached hydrogens (primary N) is 2. The summed E-state index contributed by atoms with van der Waals surface area (Å²) in [4.78, 5) is 0. The van der Waals surface area contributed by atoms with Crippen LogP contribution >= 0.6 is 11.6 Å². The van der Waals surface area contributed by atoms with Crippen LogP contribution in [0.25, 0.3) is 0 Å². The predicted molar refractivity (Wildman–Crippen MR) is 66.8 cm³/mol. The molecule has 0 saturated heterocycles. The molecule has 0 bridgehead atoms. The molecule has 2 aromatic carbocycles. The minimum Gasteiger partial charge on any atom is -0.452 e. The Hall–Kier alpha value is -1.94. The minimum absolute atomic E-state index is 0.0853. The molecule has 0 amide bonds. The second-order valence-electron chi connectivity index (χ2n) is 3.43. The van der Waals surface area contributed by atoms with Crippen molar-refractivity contribution in [2.24, 2.45) is 0 Å². The molecule has 88 valence electrons. The van der Waals surface area contributed by atoms with Gasteiger partial charge in [-0.1, -0.05) is 29.8 Å². The first kappa shape index (κ1) is 11.5. The summed E-state index contributed by atoms with van der Waals surface area (Å²) in [6.07, 6.45) is 0. The number of hydrogen-bond donors (Lipinski definition) is 2. The molecule has 0 saturated carbocycles. The molecule has 17 heavy (non-hydrogen) atoms. The number of nitrogen functional groups attached to an aromatic ring is 2. The molecule has 0 fully saturated rings. The highest BCUT2D eigenvalue weighted by molar-refractivity contribution is 6.33. The zero-order valence-electron chi connectivity index (χ0n) is 8.78. The molecule has 3 nitrogen and oxygen atoms in total. The smallest absolute Gasteiger partial charge is 0.188 e. The first-order chi connectivity index (χ1) is 8.09. The highest BCUT2D eigenvalue weighted by atomic mass is 35.5.